The van der Waals surface area contributed by atoms with Gasteiger partial charge in [0.15, 0.2) is 17.1 Å². The quantitative estimate of drug-likeness (QED) is 0.585. The van der Waals surface area contributed by atoms with E-state index < -0.39 is 10.0 Å². The van der Waals surface area contributed by atoms with Crippen LogP contribution in [-0.4, -0.2) is 53.6 Å². The molecule has 2 aliphatic heterocycles. The molecule has 170 valence electrons. The molecule has 0 atom stereocenters. The van der Waals surface area contributed by atoms with Crippen molar-refractivity contribution < 1.29 is 17.9 Å². The maximum Gasteiger partial charge on any atom is 0.243 e. The molecule has 0 bridgehead atoms. The van der Waals surface area contributed by atoms with Gasteiger partial charge in [-0.1, -0.05) is 13.8 Å². The zero-order valence-electron chi connectivity index (χ0n) is 18.4. The molecule has 3 aromatic rings. The zero-order chi connectivity index (χ0) is 22.3. The first-order valence-electron chi connectivity index (χ1n) is 11.1. The van der Waals surface area contributed by atoms with Crippen molar-refractivity contribution in [2.75, 3.05) is 26.3 Å². The van der Waals surface area contributed by atoms with E-state index in [-0.39, 0.29) is 10.9 Å². The third kappa shape index (κ3) is 3.84. The van der Waals surface area contributed by atoms with E-state index in [1.54, 1.807) is 28.7 Å². The minimum atomic E-state index is -3.60. The molecule has 1 saturated heterocycles. The first kappa shape index (κ1) is 21.2. The summed E-state index contributed by atoms with van der Waals surface area (Å²) in [5.74, 6) is 2.58. The molecule has 0 amide bonds. The summed E-state index contributed by atoms with van der Waals surface area (Å²) < 4.78 is 41.5. The van der Waals surface area contributed by atoms with Crippen LogP contribution in [0.15, 0.2) is 41.4 Å². The number of rotatable bonds is 5. The number of hydrogen-bond donors (Lipinski definition) is 0. The van der Waals surface area contributed by atoms with Crippen LogP contribution in [0.1, 0.15) is 38.6 Å². The lowest BCUT2D eigenvalue weighted by atomic mass is 10.1. The summed E-state index contributed by atoms with van der Waals surface area (Å²) in [5.41, 5.74) is 1.78. The lowest BCUT2D eigenvalue weighted by Gasteiger charge is -2.33. The molecule has 0 radical (unpaired) electrons. The van der Waals surface area contributed by atoms with Gasteiger partial charge >= 0.3 is 0 Å². The Kier molecular flexibility index (Phi) is 5.54. The Bertz CT molecular complexity index is 1230. The molecule has 0 saturated carbocycles. The highest BCUT2D eigenvalue weighted by molar-refractivity contribution is 7.89. The highest BCUT2D eigenvalue weighted by atomic mass is 32.2. The van der Waals surface area contributed by atoms with Gasteiger partial charge in [-0.25, -0.2) is 18.4 Å². The van der Waals surface area contributed by atoms with Crippen LogP contribution in [-0.2, 0) is 16.4 Å². The van der Waals surface area contributed by atoms with Crippen molar-refractivity contribution >= 4 is 21.2 Å². The molecule has 1 fully saturated rings. The predicted molar refractivity (Wildman–Crippen MR) is 121 cm³/mol. The Morgan fingerprint density at radius 3 is 2.59 bits per heavy atom. The number of pyridine rings is 1. The van der Waals surface area contributed by atoms with Crippen molar-refractivity contribution in [3.8, 4) is 11.5 Å². The summed E-state index contributed by atoms with van der Waals surface area (Å²) in [6.45, 7) is 6.17. The van der Waals surface area contributed by atoms with Gasteiger partial charge in [0, 0.05) is 37.8 Å². The number of benzene rings is 1. The average Bonchev–Trinajstić information content (AvgIpc) is 3.16. The van der Waals surface area contributed by atoms with E-state index in [4.69, 9.17) is 14.5 Å². The topological polar surface area (TPSA) is 86.6 Å². The fourth-order valence-electron chi connectivity index (χ4n) is 4.54. The van der Waals surface area contributed by atoms with Gasteiger partial charge in [-0.3, -0.25) is 0 Å². The first-order valence-corrected chi connectivity index (χ1v) is 12.6. The van der Waals surface area contributed by atoms with Crippen molar-refractivity contribution in [2.24, 2.45) is 5.92 Å². The first-order chi connectivity index (χ1) is 15.4. The largest absolute Gasteiger partial charge is 0.486 e. The number of sulfonamides is 1. The Morgan fingerprint density at radius 2 is 1.84 bits per heavy atom. The molecular formula is C23H28N4O4S. The van der Waals surface area contributed by atoms with Crippen molar-refractivity contribution in [1.82, 2.24) is 18.8 Å². The molecule has 2 aromatic heterocycles. The van der Waals surface area contributed by atoms with Crippen molar-refractivity contribution in [3.63, 3.8) is 0 Å². The second kappa shape index (κ2) is 8.37. The van der Waals surface area contributed by atoms with Crippen LogP contribution < -0.4 is 9.47 Å². The third-order valence-corrected chi connectivity index (χ3v) is 7.95. The summed E-state index contributed by atoms with van der Waals surface area (Å²) in [4.78, 5) is 9.66. The third-order valence-electron chi connectivity index (χ3n) is 6.05. The Labute approximate surface area is 188 Å². The monoisotopic (exact) mass is 456 g/mol. The van der Waals surface area contributed by atoms with Crippen molar-refractivity contribution in [2.45, 2.75) is 44.0 Å². The maximum atomic E-state index is 13.3. The fraction of sp³-hybridized carbons (Fsp3) is 0.478. The highest BCUT2D eigenvalue weighted by Gasteiger charge is 2.32. The molecule has 0 spiro atoms. The predicted octanol–water partition coefficient (Wildman–Crippen LogP) is 3.43. The maximum absolute atomic E-state index is 13.3. The zero-order valence-corrected chi connectivity index (χ0v) is 19.2. The standard InChI is InChI=1S/C23H28N4O4S/c1-16(2)14-22-25-19-4-3-9-24-23(19)27(22)17-7-10-26(11-8-17)32(28,29)18-5-6-20-21(15-18)31-13-12-30-20/h3-6,9,15-17H,7-8,10-14H2,1-2H3. The number of imidazole rings is 1. The SMILES string of the molecule is CC(C)Cc1nc2cccnc2n1C1CCN(S(=O)(=O)c2ccc3c(c2)OCCO3)CC1. The summed E-state index contributed by atoms with van der Waals surface area (Å²) in [5, 5.41) is 0. The van der Waals surface area contributed by atoms with Gasteiger partial charge < -0.3 is 14.0 Å². The number of nitrogens with zero attached hydrogens (tertiary/aromatic N) is 4. The molecule has 0 N–H and O–H groups in total. The summed E-state index contributed by atoms with van der Waals surface area (Å²) in [6.07, 6.45) is 4.10. The Morgan fingerprint density at radius 1 is 1.09 bits per heavy atom. The van der Waals surface area contributed by atoms with E-state index in [1.165, 1.54) is 0 Å². The molecule has 0 aliphatic carbocycles. The number of hydrogen-bond acceptors (Lipinski definition) is 6. The molecule has 8 nitrogen and oxygen atoms in total. The Balaban J connectivity index is 1.37. The second-order valence-electron chi connectivity index (χ2n) is 8.78. The number of aromatic nitrogens is 3. The minimum Gasteiger partial charge on any atom is -0.486 e. The van der Waals surface area contributed by atoms with Gasteiger partial charge in [-0.05, 0) is 43.0 Å². The molecular weight excluding hydrogens is 428 g/mol. The van der Waals surface area contributed by atoms with Gasteiger partial charge in [-0.2, -0.15) is 4.31 Å². The van der Waals surface area contributed by atoms with Crippen LogP contribution in [0, 0.1) is 5.92 Å². The van der Waals surface area contributed by atoms with Gasteiger partial charge in [0.1, 0.15) is 24.6 Å². The van der Waals surface area contributed by atoms with E-state index in [2.05, 4.69) is 23.4 Å². The number of fused-ring (bicyclic) bond motifs is 2. The van der Waals surface area contributed by atoms with E-state index in [0.29, 0.717) is 43.7 Å². The van der Waals surface area contributed by atoms with Gasteiger partial charge in [0.05, 0.1) is 4.90 Å². The van der Waals surface area contributed by atoms with Gasteiger partial charge in [0.2, 0.25) is 10.0 Å². The van der Waals surface area contributed by atoms with Crippen LogP contribution in [0.25, 0.3) is 11.2 Å². The van der Waals surface area contributed by atoms with Crippen LogP contribution in [0.2, 0.25) is 0 Å². The van der Waals surface area contributed by atoms with E-state index >= 15 is 0 Å². The van der Waals surface area contributed by atoms with E-state index in [0.717, 1.165) is 36.3 Å². The lowest BCUT2D eigenvalue weighted by Crippen LogP contribution is -2.39. The van der Waals surface area contributed by atoms with E-state index in [9.17, 15) is 8.42 Å². The van der Waals surface area contributed by atoms with Crippen LogP contribution in [0.5, 0.6) is 11.5 Å². The summed E-state index contributed by atoms with van der Waals surface area (Å²) in [6, 6.07) is 8.92. The van der Waals surface area contributed by atoms with Crippen LogP contribution in [0.3, 0.4) is 0 Å². The fourth-order valence-corrected chi connectivity index (χ4v) is 6.03. The molecule has 9 heteroatoms. The second-order valence-corrected chi connectivity index (χ2v) is 10.7. The summed E-state index contributed by atoms with van der Waals surface area (Å²) >= 11 is 0. The van der Waals surface area contributed by atoms with Crippen LogP contribution in [0.4, 0.5) is 0 Å². The minimum absolute atomic E-state index is 0.176. The van der Waals surface area contributed by atoms with Crippen LogP contribution >= 0.6 is 0 Å². The molecule has 1 aromatic carbocycles. The smallest absolute Gasteiger partial charge is 0.243 e. The van der Waals surface area contributed by atoms with Crippen molar-refractivity contribution in [3.05, 3.63) is 42.4 Å². The molecule has 5 rings (SSSR count). The molecule has 2 aliphatic rings. The normalized spacial score (nSPS) is 17.8. The number of piperidine rings is 1. The highest BCUT2D eigenvalue weighted by Crippen LogP contribution is 2.35. The average molecular weight is 457 g/mol. The molecule has 0 unspecified atom stereocenters. The Hall–Kier alpha value is -2.65. The van der Waals surface area contributed by atoms with Gasteiger partial charge in [0.25, 0.3) is 0 Å². The molecule has 4 heterocycles. The number of ether oxygens (including phenoxy) is 2. The molecule has 32 heavy (non-hydrogen) atoms. The lowest BCUT2D eigenvalue weighted by molar-refractivity contribution is 0.171. The van der Waals surface area contributed by atoms with Gasteiger partial charge in [-0.15, -0.1) is 0 Å². The van der Waals surface area contributed by atoms with E-state index in [1.807, 2.05) is 12.1 Å². The summed E-state index contributed by atoms with van der Waals surface area (Å²) in [7, 11) is -3.60. The van der Waals surface area contributed by atoms with Crippen molar-refractivity contribution in [1.29, 1.82) is 0 Å².